The third kappa shape index (κ3) is 3.96. The molecule has 0 bridgehead atoms. The maximum Gasteiger partial charge on any atom is 0.238 e. The lowest BCUT2D eigenvalue weighted by Crippen LogP contribution is -2.47. The van der Waals surface area contributed by atoms with Gasteiger partial charge in [0.1, 0.15) is 5.75 Å². The Morgan fingerprint density at radius 2 is 2.25 bits per heavy atom. The van der Waals surface area contributed by atoms with Crippen LogP contribution in [0.1, 0.15) is 12.8 Å². The molecule has 0 aromatic heterocycles. The Morgan fingerprint density at radius 3 is 2.95 bits per heavy atom. The van der Waals surface area contributed by atoms with E-state index < -0.39 is 0 Å². The molecular formula is C14H19N3O3. The lowest BCUT2D eigenvalue weighted by molar-refractivity contribution is -0.122. The van der Waals surface area contributed by atoms with Crippen molar-refractivity contribution in [3.63, 3.8) is 0 Å². The summed E-state index contributed by atoms with van der Waals surface area (Å²) >= 11 is 0. The molecule has 1 aromatic rings. The molecule has 1 heterocycles. The molecule has 6 nitrogen and oxygen atoms in total. The van der Waals surface area contributed by atoms with Crippen LogP contribution in [-0.4, -0.2) is 38.1 Å². The van der Waals surface area contributed by atoms with Crippen molar-refractivity contribution >= 4 is 17.5 Å². The van der Waals surface area contributed by atoms with Gasteiger partial charge >= 0.3 is 0 Å². The molecule has 1 unspecified atom stereocenters. The van der Waals surface area contributed by atoms with E-state index in [1.54, 1.807) is 19.2 Å². The average Bonchev–Trinajstić information content (AvgIpc) is 2.47. The molecule has 0 spiro atoms. The summed E-state index contributed by atoms with van der Waals surface area (Å²) in [5.74, 6) is 0.568. The molecule has 1 aliphatic rings. The highest BCUT2D eigenvalue weighted by atomic mass is 16.5. The van der Waals surface area contributed by atoms with Gasteiger partial charge in [-0.2, -0.15) is 0 Å². The van der Waals surface area contributed by atoms with Gasteiger partial charge in [0.25, 0.3) is 0 Å². The minimum absolute atomic E-state index is 0.0709. The Balaban J connectivity index is 1.79. The summed E-state index contributed by atoms with van der Waals surface area (Å²) in [5.41, 5.74) is 0.652. The van der Waals surface area contributed by atoms with Crippen LogP contribution in [0.5, 0.6) is 5.75 Å². The topological polar surface area (TPSA) is 79.5 Å². The second-order valence-corrected chi connectivity index (χ2v) is 4.67. The van der Waals surface area contributed by atoms with Gasteiger partial charge in [-0.25, -0.2) is 0 Å². The number of rotatable bonds is 5. The van der Waals surface area contributed by atoms with Crippen LogP contribution in [0.3, 0.4) is 0 Å². The fraction of sp³-hybridized carbons (Fsp3) is 0.429. The largest absolute Gasteiger partial charge is 0.495 e. The summed E-state index contributed by atoms with van der Waals surface area (Å²) in [6, 6.07) is 7.41. The predicted molar refractivity (Wildman–Crippen MR) is 75.7 cm³/mol. The number of carbonyl (C=O) groups is 2. The lowest BCUT2D eigenvalue weighted by atomic mass is 10.1. The number of hydrogen-bond donors (Lipinski definition) is 3. The Hall–Kier alpha value is -2.08. The molecule has 1 aromatic carbocycles. The van der Waals surface area contributed by atoms with Crippen LogP contribution >= 0.6 is 0 Å². The number of nitrogens with one attached hydrogen (secondary N) is 3. The van der Waals surface area contributed by atoms with Gasteiger partial charge in [-0.1, -0.05) is 12.1 Å². The zero-order valence-corrected chi connectivity index (χ0v) is 11.4. The molecule has 3 N–H and O–H groups in total. The van der Waals surface area contributed by atoms with E-state index in [-0.39, 0.29) is 24.4 Å². The smallest absolute Gasteiger partial charge is 0.238 e. The number of benzene rings is 1. The van der Waals surface area contributed by atoms with Gasteiger partial charge in [0.15, 0.2) is 0 Å². The van der Waals surface area contributed by atoms with E-state index in [0.717, 1.165) is 6.42 Å². The first-order valence-corrected chi connectivity index (χ1v) is 6.62. The first kappa shape index (κ1) is 14.3. The molecule has 20 heavy (non-hydrogen) atoms. The highest BCUT2D eigenvalue weighted by Gasteiger charge is 2.18. The molecule has 1 atom stereocenters. The standard InChI is InChI=1S/C14H19N3O3/c1-20-12-5-3-2-4-11(12)17-14(19)9-15-10-6-7-13(18)16-8-10/h2-5,10,15H,6-9H2,1H3,(H,16,18)(H,17,19). The molecule has 1 fully saturated rings. The molecule has 0 saturated carbocycles. The summed E-state index contributed by atoms with van der Waals surface area (Å²) in [6.07, 6.45) is 1.26. The quantitative estimate of drug-likeness (QED) is 0.732. The van der Waals surface area contributed by atoms with E-state index in [1.165, 1.54) is 0 Å². The summed E-state index contributed by atoms with van der Waals surface area (Å²) in [6.45, 7) is 0.777. The monoisotopic (exact) mass is 277 g/mol. The van der Waals surface area contributed by atoms with Crippen molar-refractivity contribution in [1.29, 1.82) is 0 Å². The van der Waals surface area contributed by atoms with E-state index in [0.29, 0.717) is 24.4 Å². The van der Waals surface area contributed by atoms with Crippen LogP contribution in [0.4, 0.5) is 5.69 Å². The van der Waals surface area contributed by atoms with Crippen molar-refractivity contribution in [3.05, 3.63) is 24.3 Å². The number of carbonyl (C=O) groups excluding carboxylic acids is 2. The van der Waals surface area contributed by atoms with Crippen LogP contribution in [0.2, 0.25) is 0 Å². The summed E-state index contributed by atoms with van der Waals surface area (Å²) in [7, 11) is 1.56. The van der Waals surface area contributed by atoms with Crippen molar-refractivity contribution in [2.24, 2.45) is 0 Å². The van der Waals surface area contributed by atoms with Crippen molar-refractivity contribution < 1.29 is 14.3 Å². The second-order valence-electron chi connectivity index (χ2n) is 4.67. The van der Waals surface area contributed by atoms with Crippen LogP contribution in [-0.2, 0) is 9.59 Å². The fourth-order valence-corrected chi connectivity index (χ4v) is 2.09. The summed E-state index contributed by atoms with van der Waals surface area (Å²) in [5, 5.41) is 8.70. The third-order valence-electron chi connectivity index (χ3n) is 3.20. The lowest BCUT2D eigenvalue weighted by Gasteiger charge is -2.23. The molecular weight excluding hydrogens is 258 g/mol. The first-order valence-electron chi connectivity index (χ1n) is 6.62. The van der Waals surface area contributed by atoms with E-state index in [1.807, 2.05) is 12.1 Å². The molecule has 1 saturated heterocycles. The Labute approximate surface area is 117 Å². The molecule has 0 radical (unpaired) electrons. The van der Waals surface area contributed by atoms with Crippen molar-refractivity contribution in [3.8, 4) is 5.75 Å². The number of para-hydroxylation sites is 2. The van der Waals surface area contributed by atoms with Gasteiger partial charge in [0, 0.05) is 19.0 Å². The van der Waals surface area contributed by atoms with Gasteiger partial charge in [-0.3, -0.25) is 9.59 Å². The summed E-state index contributed by atoms with van der Waals surface area (Å²) in [4.78, 5) is 22.9. The number of ether oxygens (including phenoxy) is 1. The first-order chi connectivity index (χ1) is 9.69. The average molecular weight is 277 g/mol. The number of amides is 2. The molecule has 1 aliphatic heterocycles. The normalized spacial score (nSPS) is 18.2. The molecule has 6 heteroatoms. The highest BCUT2D eigenvalue weighted by molar-refractivity contribution is 5.93. The van der Waals surface area contributed by atoms with Crippen molar-refractivity contribution in [2.75, 3.05) is 25.5 Å². The minimum atomic E-state index is -0.133. The van der Waals surface area contributed by atoms with Crippen molar-refractivity contribution in [1.82, 2.24) is 10.6 Å². The SMILES string of the molecule is COc1ccccc1NC(=O)CNC1CCC(=O)NC1. The Kier molecular flexibility index (Phi) is 4.95. The fourth-order valence-electron chi connectivity index (χ4n) is 2.09. The third-order valence-corrected chi connectivity index (χ3v) is 3.20. The van der Waals surface area contributed by atoms with Crippen molar-refractivity contribution in [2.45, 2.75) is 18.9 Å². The van der Waals surface area contributed by atoms with E-state index >= 15 is 0 Å². The minimum Gasteiger partial charge on any atom is -0.495 e. The van der Waals surface area contributed by atoms with Gasteiger partial charge in [-0.15, -0.1) is 0 Å². The zero-order chi connectivity index (χ0) is 14.4. The maximum absolute atomic E-state index is 11.9. The number of methoxy groups -OCH3 is 1. The van der Waals surface area contributed by atoms with Gasteiger partial charge in [0.05, 0.1) is 19.3 Å². The van der Waals surface area contributed by atoms with Crippen LogP contribution in [0.15, 0.2) is 24.3 Å². The Morgan fingerprint density at radius 1 is 1.45 bits per heavy atom. The molecule has 0 aliphatic carbocycles. The maximum atomic E-state index is 11.9. The van der Waals surface area contributed by atoms with Crippen LogP contribution in [0, 0.1) is 0 Å². The van der Waals surface area contributed by atoms with Gasteiger partial charge in [-0.05, 0) is 18.6 Å². The molecule has 2 amide bonds. The molecule has 108 valence electrons. The predicted octanol–water partition coefficient (Wildman–Crippen LogP) is 0.502. The number of piperidine rings is 1. The van der Waals surface area contributed by atoms with E-state index in [4.69, 9.17) is 4.74 Å². The summed E-state index contributed by atoms with van der Waals surface area (Å²) < 4.78 is 5.17. The van der Waals surface area contributed by atoms with Crippen LogP contribution < -0.4 is 20.7 Å². The van der Waals surface area contributed by atoms with E-state index in [9.17, 15) is 9.59 Å². The number of anilines is 1. The zero-order valence-electron chi connectivity index (χ0n) is 11.4. The van der Waals surface area contributed by atoms with Gasteiger partial charge < -0.3 is 20.7 Å². The van der Waals surface area contributed by atoms with Crippen LogP contribution in [0.25, 0.3) is 0 Å². The Bertz CT molecular complexity index is 480. The highest BCUT2D eigenvalue weighted by Crippen LogP contribution is 2.22. The molecule has 2 rings (SSSR count). The van der Waals surface area contributed by atoms with E-state index in [2.05, 4.69) is 16.0 Å². The van der Waals surface area contributed by atoms with Gasteiger partial charge in [0.2, 0.25) is 11.8 Å². The number of hydrogen-bond acceptors (Lipinski definition) is 4. The second kappa shape index (κ2) is 6.91.